The maximum Gasteiger partial charge on any atom is 0.234 e. The number of hydrogen-bond donors (Lipinski definition) is 1. The number of rotatable bonds is 6. The van der Waals surface area contributed by atoms with E-state index in [1.807, 2.05) is 39.0 Å². The van der Waals surface area contributed by atoms with Gasteiger partial charge in [0.05, 0.1) is 12.6 Å². The Labute approximate surface area is 145 Å². The minimum Gasteiger partial charge on any atom is -0.348 e. The molecular weight excluding hydrogens is 302 g/mol. The van der Waals surface area contributed by atoms with Gasteiger partial charge < -0.3 is 15.1 Å². The lowest BCUT2D eigenvalue weighted by Crippen LogP contribution is -2.36. The molecule has 1 amide bonds. The lowest BCUT2D eigenvalue weighted by Gasteiger charge is -2.31. The number of aromatic nitrogens is 2. The first-order chi connectivity index (χ1) is 11.4. The van der Waals surface area contributed by atoms with Gasteiger partial charge in [-0.15, -0.1) is 0 Å². The molecule has 0 saturated heterocycles. The number of aryl methyl sites for hydroxylation is 1. The summed E-state index contributed by atoms with van der Waals surface area (Å²) in [6, 6.07) is 0.452. The number of carbonyl (C=O) groups is 1. The van der Waals surface area contributed by atoms with Gasteiger partial charge in [-0.3, -0.25) is 4.79 Å². The molecule has 1 saturated carbocycles. The first-order valence-corrected chi connectivity index (χ1v) is 8.89. The average molecular weight is 333 g/mol. The van der Waals surface area contributed by atoms with Gasteiger partial charge >= 0.3 is 0 Å². The first kappa shape index (κ1) is 18.6. The van der Waals surface area contributed by atoms with Crippen LogP contribution < -0.4 is 10.2 Å². The minimum absolute atomic E-state index is 0.00954. The summed E-state index contributed by atoms with van der Waals surface area (Å²) in [7, 11) is 5.86. The van der Waals surface area contributed by atoms with Crippen LogP contribution in [0.2, 0.25) is 0 Å². The van der Waals surface area contributed by atoms with Gasteiger partial charge in [0.15, 0.2) is 0 Å². The summed E-state index contributed by atoms with van der Waals surface area (Å²) in [4.78, 5) is 25.2. The van der Waals surface area contributed by atoms with Crippen LogP contribution in [0.25, 0.3) is 0 Å². The summed E-state index contributed by atoms with van der Waals surface area (Å²) in [5.74, 6) is 0.797. The third-order valence-electron chi connectivity index (χ3n) is 4.75. The monoisotopic (exact) mass is 333 g/mol. The molecule has 1 aliphatic carbocycles. The van der Waals surface area contributed by atoms with Crippen molar-refractivity contribution < 1.29 is 4.79 Å². The fraction of sp³-hybridized carbons (Fsp3) is 0.722. The van der Waals surface area contributed by atoms with Crippen LogP contribution >= 0.6 is 0 Å². The van der Waals surface area contributed by atoms with Gasteiger partial charge in [0.1, 0.15) is 0 Å². The van der Waals surface area contributed by atoms with Crippen molar-refractivity contribution in [3.05, 3.63) is 17.5 Å². The van der Waals surface area contributed by atoms with E-state index in [1.165, 1.54) is 32.1 Å². The van der Waals surface area contributed by atoms with Crippen molar-refractivity contribution in [2.24, 2.45) is 0 Å². The molecule has 134 valence electrons. The number of nitrogens with one attached hydrogen (secondary N) is 1. The third-order valence-corrected chi connectivity index (χ3v) is 4.75. The predicted octanol–water partition coefficient (Wildman–Crippen LogP) is 2.29. The molecule has 1 aromatic rings. The lowest BCUT2D eigenvalue weighted by molar-refractivity contribution is -0.122. The van der Waals surface area contributed by atoms with Gasteiger partial charge in [-0.05, 0) is 40.8 Å². The largest absolute Gasteiger partial charge is 0.348 e. The summed E-state index contributed by atoms with van der Waals surface area (Å²) in [6.45, 7) is 4.35. The molecule has 0 bridgehead atoms. The number of likely N-dealkylation sites (N-methyl/N-ethyl adjacent to an activating group) is 1. The zero-order valence-electron chi connectivity index (χ0n) is 15.7. The van der Waals surface area contributed by atoms with Crippen LogP contribution in [0.5, 0.6) is 0 Å². The molecule has 24 heavy (non-hydrogen) atoms. The Morgan fingerprint density at radius 1 is 1.29 bits per heavy atom. The van der Waals surface area contributed by atoms with Gasteiger partial charge in [-0.1, -0.05) is 19.3 Å². The lowest BCUT2D eigenvalue weighted by atomic mass is 9.95. The standard InChI is InChI=1S/C18H31N5O/c1-13(20-17(24)12-22(3)4)16-11-19-18(21-14(16)2)23(5)15-9-7-6-8-10-15/h11,13,15H,6-10,12H2,1-5H3,(H,20,24)/t13-/m0/s1. The van der Waals surface area contributed by atoms with Gasteiger partial charge in [0.2, 0.25) is 11.9 Å². The highest BCUT2D eigenvalue weighted by atomic mass is 16.2. The molecule has 1 aliphatic rings. The molecule has 1 aromatic heterocycles. The van der Waals surface area contributed by atoms with Gasteiger partial charge in [0.25, 0.3) is 0 Å². The molecule has 0 aliphatic heterocycles. The highest BCUT2D eigenvalue weighted by molar-refractivity contribution is 5.78. The molecule has 0 radical (unpaired) electrons. The predicted molar refractivity (Wildman–Crippen MR) is 97.2 cm³/mol. The number of anilines is 1. The van der Waals surface area contributed by atoms with E-state index in [2.05, 4.69) is 22.2 Å². The van der Waals surface area contributed by atoms with Crippen molar-refractivity contribution in [2.75, 3.05) is 32.6 Å². The van der Waals surface area contributed by atoms with Crippen molar-refractivity contribution in [1.82, 2.24) is 20.2 Å². The fourth-order valence-electron chi connectivity index (χ4n) is 3.34. The van der Waals surface area contributed by atoms with Crippen LogP contribution in [0.4, 0.5) is 5.95 Å². The Morgan fingerprint density at radius 3 is 2.54 bits per heavy atom. The number of hydrogen-bond acceptors (Lipinski definition) is 5. The van der Waals surface area contributed by atoms with Crippen LogP contribution in [-0.4, -0.2) is 54.5 Å². The topological polar surface area (TPSA) is 61.4 Å². The summed E-state index contributed by atoms with van der Waals surface area (Å²) < 4.78 is 0. The van der Waals surface area contributed by atoms with E-state index in [1.54, 1.807) is 0 Å². The quantitative estimate of drug-likeness (QED) is 0.865. The van der Waals surface area contributed by atoms with E-state index in [0.717, 1.165) is 17.2 Å². The van der Waals surface area contributed by atoms with Crippen molar-refractivity contribution in [2.45, 2.75) is 58.0 Å². The van der Waals surface area contributed by atoms with E-state index in [-0.39, 0.29) is 11.9 Å². The normalized spacial score (nSPS) is 16.9. The van der Waals surface area contributed by atoms with Crippen LogP contribution in [0.1, 0.15) is 56.3 Å². The molecule has 1 heterocycles. The van der Waals surface area contributed by atoms with Crippen LogP contribution in [0.15, 0.2) is 6.20 Å². The summed E-state index contributed by atoms with van der Waals surface area (Å²) in [6.07, 6.45) is 8.22. The fourth-order valence-corrected chi connectivity index (χ4v) is 3.34. The molecule has 6 nitrogen and oxygen atoms in total. The number of carbonyl (C=O) groups excluding carboxylic acids is 1. The Balaban J connectivity index is 2.04. The average Bonchev–Trinajstić information content (AvgIpc) is 2.53. The van der Waals surface area contributed by atoms with Gasteiger partial charge in [0, 0.05) is 30.5 Å². The molecule has 2 rings (SSSR count). The van der Waals surface area contributed by atoms with Crippen LogP contribution in [0, 0.1) is 6.92 Å². The number of nitrogens with zero attached hydrogens (tertiary/aromatic N) is 4. The maximum atomic E-state index is 11.9. The molecule has 0 aromatic carbocycles. The Hall–Kier alpha value is -1.69. The highest BCUT2D eigenvalue weighted by Crippen LogP contribution is 2.25. The van der Waals surface area contributed by atoms with Crippen molar-refractivity contribution in [3.8, 4) is 0 Å². The highest BCUT2D eigenvalue weighted by Gasteiger charge is 2.21. The maximum absolute atomic E-state index is 11.9. The Kier molecular flexibility index (Phi) is 6.54. The zero-order chi connectivity index (χ0) is 17.7. The smallest absolute Gasteiger partial charge is 0.234 e. The van der Waals surface area contributed by atoms with E-state index >= 15 is 0 Å². The van der Waals surface area contributed by atoms with Gasteiger partial charge in [-0.25, -0.2) is 9.97 Å². The van der Waals surface area contributed by atoms with Crippen molar-refractivity contribution in [1.29, 1.82) is 0 Å². The second-order valence-electron chi connectivity index (χ2n) is 7.14. The second kappa shape index (κ2) is 8.42. The van der Waals surface area contributed by atoms with Crippen LogP contribution in [0.3, 0.4) is 0 Å². The Morgan fingerprint density at radius 2 is 1.96 bits per heavy atom. The van der Waals surface area contributed by atoms with Gasteiger partial charge in [-0.2, -0.15) is 0 Å². The summed E-state index contributed by atoms with van der Waals surface area (Å²) in [5.41, 5.74) is 1.91. The SMILES string of the molecule is Cc1nc(N(C)C2CCCCC2)ncc1[C@H](C)NC(=O)CN(C)C. The van der Waals surface area contributed by atoms with E-state index < -0.39 is 0 Å². The first-order valence-electron chi connectivity index (χ1n) is 8.89. The zero-order valence-corrected chi connectivity index (χ0v) is 15.7. The van der Waals surface area contributed by atoms with E-state index in [4.69, 9.17) is 4.98 Å². The van der Waals surface area contributed by atoms with E-state index in [0.29, 0.717) is 12.6 Å². The minimum atomic E-state index is -0.0912. The molecule has 6 heteroatoms. The number of amides is 1. The molecule has 1 fully saturated rings. The molecule has 0 spiro atoms. The molecule has 1 N–H and O–H groups in total. The third kappa shape index (κ3) is 4.90. The van der Waals surface area contributed by atoms with Crippen molar-refractivity contribution >= 4 is 11.9 Å². The molecule has 0 unspecified atom stereocenters. The second-order valence-corrected chi connectivity index (χ2v) is 7.14. The summed E-state index contributed by atoms with van der Waals surface area (Å²) >= 11 is 0. The van der Waals surface area contributed by atoms with E-state index in [9.17, 15) is 4.79 Å². The van der Waals surface area contributed by atoms with Crippen molar-refractivity contribution in [3.63, 3.8) is 0 Å². The Bertz CT molecular complexity index is 554. The molecular formula is C18H31N5O. The van der Waals surface area contributed by atoms with Crippen LogP contribution in [-0.2, 0) is 4.79 Å². The summed E-state index contributed by atoms with van der Waals surface area (Å²) in [5, 5.41) is 3.01. The molecule has 1 atom stereocenters.